The summed E-state index contributed by atoms with van der Waals surface area (Å²) in [6.07, 6.45) is 1.85. The van der Waals surface area contributed by atoms with Crippen LogP contribution < -0.4 is 10.2 Å². The highest BCUT2D eigenvalue weighted by molar-refractivity contribution is 5.91. The summed E-state index contributed by atoms with van der Waals surface area (Å²) >= 11 is 0. The molecule has 1 aliphatic heterocycles. The minimum absolute atomic E-state index is 0.603. The molecule has 1 aliphatic rings. The van der Waals surface area contributed by atoms with Gasteiger partial charge < -0.3 is 14.6 Å². The third-order valence-electron chi connectivity index (χ3n) is 3.15. The number of nitrogens with one attached hydrogen (secondary N) is 1. The lowest BCUT2D eigenvalue weighted by Gasteiger charge is -2.36. The quantitative estimate of drug-likeness (QED) is 0.805. The Labute approximate surface area is 88.7 Å². The average Bonchev–Trinajstić information content (AvgIpc) is 2.58. The summed E-state index contributed by atoms with van der Waals surface area (Å²) in [6.45, 7) is 2.13. The van der Waals surface area contributed by atoms with E-state index in [1.54, 1.807) is 0 Å². The fourth-order valence-corrected chi connectivity index (χ4v) is 1.98. The van der Waals surface area contributed by atoms with Gasteiger partial charge in [0, 0.05) is 25.5 Å². The van der Waals surface area contributed by atoms with Crippen molar-refractivity contribution in [2.75, 3.05) is 25.0 Å². The van der Waals surface area contributed by atoms with E-state index in [0.29, 0.717) is 6.04 Å². The first-order valence-electron chi connectivity index (χ1n) is 5.26. The summed E-state index contributed by atoms with van der Waals surface area (Å²) in [5.74, 6) is 0. The van der Waals surface area contributed by atoms with Crippen molar-refractivity contribution in [3.8, 4) is 0 Å². The van der Waals surface area contributed by atoms with Crippen molar-refractivity contribution in [1.82, 2.24) is 5.32 Å². The minimum atomic E-state index is 0.603. The molecule has 1 N–H and O–H groups in total. The number of likely N-dealkylation sites (N-methyl/N-ethyl adjacent to an activating group) is 1. The van der Waals surface area contributed by atoms with Gasteiger partial charge >= 0.3 is 0 Å². The van der Waals surface area contributed by atoms with E-state index in [0.717, 1.165) is 18.7 Å². The van der Waals surface area contributed by atoms with Gasteiger partial charge in [-0.3, -0.25) is 0 Å². The van der Waals surface area contributed by atoms with E-state index in [1.165, 1.54) is 11.1 Å². The van der Waals surface area contributed by atoms with Crippen LogP contribution in [0.25, 0.3) is 11.0 Å². The molecule has 78 valence electrons. The van der Waals surface area contributed by atoms with Gasteiger partial charge in [0.25, 0.3) is 0 Å². The summed E-state index contributed by atoms with van der Waals surface area (Å²) in [7, 11) is 2.13. The minimum Gasteiger partial charge on any atom is -0.462 e. The molecule has 1 aromatic carbocycles. The maximum absolute atomic E-state index is 5.53. The van der Waals surface area contributed by atoms with Gasteiger partial charge in [0.1, 0.15) is 11.8 Å². The second-order valence-corrected chi connectivity index (χ2v) is 4.04. The molecular weight excluding hydrogens is 188 g/mol. The predicted molar refractivity (Wildman–Crippen MR) is 61.3 cm³/mol. The molecule has 3 heteroatoms. The average molecular weight is 202 g/mol. The molecule has 1 aromatic heterocycles. The topological polar surface area (TPSA) is 28.4 Å². The molecule has 2 aromatic rings. The third kappa shape index (κ3) is 1.31. The number of hydrogen-bond donors (Lipinski definition) is 1. The van der Waals surface area contributed by atoms with Gasteiger partial charge in [-0.15, -0.1) is 0 Å². The summed E-state index contributed by atoms with van der Waals surface area (Å²) in [4.78, 5) is 2.29. The Morgan fingerprint density at radius 1 is 1.33 bits per heavy atom. The van der Waals surface area contributed by atoms with Crippen LogP contribution in [0.3, 0.4) is 0 Å². The van der Waals surface area contributed by atoms with E-state index >= 15 is 0 Å². The van der Waals surface area contributed by atoms with E-state index < -0.39 is 0 Å². The summed E-state index contributed by atoms with van der Waals surface area (Å²) < 4.78 is 5.53. The molecule has 3 rings (SSSR count). The van der Waals surface area contributed by atoms with Crippen LogP contribution in [0.1, 0.15) is 0 Å². The molecule has 0 radical (unpaired) electrons. The normalized spacial score (nSPS) is 16.6. The lowest BCUT2D eigenvalue weighted by Crippen LogP contribution is -2.56. The van der Waals surface area contributed by atoms with E-state index in [-0.39, 0.29) is 0 Å². The molecule has 1 fully saturated rings. The molecule has 3 nitrogen and oxygen atoms in total. The number of furan rings is 1. The first-order chi connectivity index (χ1) is 7.36. The zero-order valence-electron chi connectivity index (χ0n) is 8.73. The Bertz CT molecular complexity index is 473. The maximum atomic E-state index is 5.53. The molecule has 0 aliphatic carbocycles. The van der Waals surface area contributed by atoms with Crippen LogP contribution in [0.2, 0.25) is 0 Å². The molecule has 0 spiro atoms. The fourth-order valence-electron chi connectivity index (χ4n) is 1.98. The molecule has 15 heavy (non-hydrogen) atoms. The molecular formula is C12H14N2O. The van der Waals surface area contributed by atoms with E-state index in [9.17, 15) is 0 Å². The zero-order valence-corrected chi connectivity index (χ0v) is 8.73. The second-order valence-electron chi connectivity index (χ2n) is 4.04. The van der Waals surface area contributed by atoms with Crippen LogP contribution >= 0.6 is 0 Å². The van der Waals surface area contributed by atoms with Crippen LogP contribution in [0.15, 0.2) is 34.9 Å². The smallest absolute Gasteiger partial charge is 0.136 e. The van der Waals surface area contributed by atoms with Gasteiger partial charge in [0.2, 0.25) is 0 Å². The van der Waals surface area contributed by atoms with Gasteiger partial charge in [-0.1, -0.05) is 12.1 Å². The highest BCUT2D eigenvalue weighted by Gasteiger charge is 2.23. The molecule has 2 heterocycles. The summed E-state index contributed by atoms with van der Waals surface area (Å²) in [6, 6.07) is 8.77. The van der Waals surface area contributed by atoms with Crippen molar-refractivity contribution in [1.29, 1.82) is 0 Å². The third-order valence-corrected chi connectivity index (χ3v) is 3.15. The van der Waals surface area contributed by atoms with Crippen LogP contribution in [-0.4, -0.2) is 26.2 Å². The van der Waals surface area contributed by atoms with Crippen molar-refractivity contribution < 1.29 is 4.42 Å². The van der Waals surface area contributed by atoms with E-state index in [4.69, 9.17) is 4.42 Å². The number of benzene rings is 1. The fraction of sp³-hybridized carbons (Fsp3) is 0.333. The van der Waals surface area contributed by atoms with Crippen molar-refractivity contribution in [3.05, 3.63) is 30.5 Å². The Balaban J connectivity index is 2.02. The number of para-hydroxylation sites is 1. The Hall–Kier alpha value is -1.48. The number of nitrogens with zero attached hydrogens (tertiary/aromatic N) is 1. The van der Waals surface area contributed by atoms with Gasteiger partial charge in [-0.25, -0.2) is 0 Å². The molecule has 0 saturated carbocycles. The molecule has 0 amide bonds. The number of anilines is 1. The first-order valence-corrected chi connectivity index (χ1v) is 5.26. The monoisotopic (exact) mass is 202 g/mol. The molecule has 0 bridgehead atoms. The van der Waals surface area contributed by atoms with Crippen LogP contribution in [0, 0.1) is 0 Å². The largest absolute Gasteiger partial charge is 0.462 e. The lowest BCUT2D eigenvalue weighted by molar-refractivity contribution is 0.428. The van der Waals surface area contributed by atoms with Crippen molar-refractivity contribution in [3.63, 3.8) is 0 Å². The van der Waals surface area contributed by atoms with Gasteiger partial charge in [0.15, 0.2) is 0 Å². The Morgan fingerprint density at radius 2 is 2.13 bits per heavy atom. The van der Waals surface area contributed by atoms with E-state index in [1.807, 2.05) is 24.5 Å². The second kappa shape index (κ2) is 3.28. The lowest BCUT2D eigenvalue weighted by atomic mass is 10.1. The van der Waals surface area contributed by atoms with Crippen LogP contribution in [0.4, 0.5) is 5.69 Å². The number of hydrogen-bond acceptors (Lipinski definition) is 3. The van der Waals surface area contributed by atoms with Crippen LogP contribution in [0.5, 0.6) is 0 Å². The van der Waals surface area contributed by atoms with E-state index in [2.05, 4.69) is 23.3 Å². The summed E-state index contributed by atoms with van der Waals surface area (Å²) in [5.41, 5.74) is 2.16. The highest BCUT2D eigenvalue weighted by atomic mass is 16.3. The van der Waals surface area contributed by atoms with Crippen molar-refractivity contribution in [2.24, 2.45) is 0 Å². The highest BCUT2D eigenvalue weighted by Crippen LogP contribution is 2.29. The Kier molecular flexibility index (Phi) is 1.92. The van der Waals surface area contributed by atoms with Gasteiger partial charge in [-0.2, -0.15) is 0 Å². The SMILES string of the molecule is CN(c1coc2ccccc12)C1CNC1. The van der Waals surface area contributed by atoms with Crippen molar-refractivity contribution >= 4 is 16.7 Å². The van der Waals surface area contributed by atoms with Crippen molar-refractivity contribution in [2.45, 2.75) is 6.04 Å². The summed E-state index contributed by atoms with van der Waals surface area (Å²) in [5, 5.41) is 4.48. The molecule has 0 unspecified atom stereocenters. The zero-order chi connectivity index (χ0) is 10.3. The van der Waals surface area contributed by atoms with Gasteiger partial charge in [0.05, 0.1) is 11.7 Å². The standard InChI is InChI=1S/C12H14N2O/c1-14(9-6-13-7-9)11-8-15-12-5-3-2-4-10(11)12/h2-5,8-9,13H,6-7H2,1H3. The predicted octanol–water partition coefficient (Wildman–Crippen LogP) is 1.84. The van der Waals surface area contributed by atoms with Gasteiger partial charge in [-0.05, 0) is 12.1 Å². The Morgan fingerprint density at radius 3 is 2.87 bits per heavy atom. The number of rotatable bonds is 2. The number of fused-ring (bicyclic) bond motifs is 1. The first kappa shape index (κ1) is 8.80. The van der Waals surface area contributed by atoms with Crippen LogP contribution in [-0.2, 0) is 0 Å². The molecule has 0 atom stereocenters. The molecule has 1 saturated heterocycles. The maximum Gasteiger partial charge on any atom is 0.136 e.